The lowest BCUT2D eigenvalue weighted by atomic mass is 9.67. The molecule has 2 heterocycles. The molecule has 0 bridgehead atoms. The Kier molecular flexibility index (Phi) is 10.3. The summed E-state index contributed by atoms with van der Waals surface area (Å²) < 4.78 is 14.8. The first-order valence-electron chi connectivity index (χ1n) is 25.0. The van der Waals surface area contributed by atoms with E-state index in [2.05, 4.69) is 217 Å². The fourth-order valence-electron chi connectivity index (χ4n) is 11.5. The van der Waals surface area contributed by atoms with Crippen LogP contribution in [0.15, 0.2) is 227 Å². The van der Waals surface area contributed by atoms with Crippen molar-refractivity contribution in [2.75, 3.05) is 9.80 Å². The number of para-hydroxylation sites is 2. The fourth-order valence-corrected chi connectivity index (χ4v) is 12.7. The summed E-state index contributed by atoms with van der Waals surface area (Å²) in [5, 5.41) is 15.3. The molecule has 10 aromatic carbocycles. The van der Waals surface area contributed by atoms with E-state index in [0.717, 1.165) is 117 Å². The number of hydrogen-bond acceptors (Lipinski definition) is 5. The van der Waals surface area contributed by atoms with Crippen molar-refractivity contribution in [3.63, 3.8) is 0 Å². The summed E-state index contributed by atoms with van der Waals surface area (Å²) in [4.78, 5) is 8.44. The SMILES string of the molecule is [C-]#[N+]c1ccc(N(c2ccc(C)cc2)c2cc3c(c4oc5ccccc5c24)-c2c(cc(N(c4ccc(C#N)cc4)c4ccc([Si](C)(C)C)cc4)c4c2oc2ccccc24)C3(c2ccccc2)c2ccccc2)cc1. The first-order valence-corrected chi connectivity index (χ1v) is 28.5. The van der Waals surface area contributed by atoms with Crippen LogP contribution in [0, 0.1) is 24.8 Å². The Labute approximate surface area is 431 Å². The number of anilines is 6. The van der Waals surface area contributed by atoms with Gasteiger partial charge in [-0.15, -0.1) is 0 Å². The van der Waals surface area contributed by atoms with Gasteiger partial charge in [-0.2, -0.15) is 5.26 Å². The number of fused-ring (bicyclic) bond motifs is 11. The lowest BCUT2D eigenvalue weighted by Gasteiger charge is -2.36. The molecule has 1 aliphatic carbocycles. The first kappa shape index (κ1) is 44.5. The average Bonchev–Trinajstić information content (AvgIpc) is 4.12. The number of benzene rings is 10. The van der Waals surface area contributed by atoms with Crippen LogP contribution < -0.4 is 15.0 Å². The number of rotatable bonds is 9. The summed E-state index contributed by atoms with van der Waals surface area (Å²) in [5.41, 5.74) is 16.3. The standard InChI is InChI=1S/C67H48N4O2Si/c1-43-24-30-48(31-25-43)70(50-34-28-47(69-2)29-35-50)57-40-55-63(65-61(57)53-20-12-14-22-59(53)72-65)64-56(67(55,45-16-8-6-9-17-45)46-18-10-7-11-19-46)41-58(62-54-21-13-15-23-60(54)73-66(62)64)71(49-32-26-44(42-68)27-33-49)51-36-38-52(39-37-51)74(3,4)5/h6-41H,1,3-5H3. The molecule has 6 nitrogen and oxygen atoms in total. The second-order valence-electron chi connectivity index (χ2n) is 20.3. The Hall–Kier alpha value is -9.40. The van der Waals surface area contributed by atoms with Crippen molar-refractivity contribution >= 4 is 96.9 Å². The van der Waals surface area contributed by atoms with Gasteiger partial charge >= 0.3 is 0 Å². The highest BCUT2D eigenvalue weighted by molar-refractivity contribution is 6.88. The maximum atomic E-state index is 10.0. The van der Waals surface area contributed by atoms with Crippen molar-refractivity contribution in [2.45, 2.75) is 32.0 Å². The molecule has 1 aliphatic rings. The minimum Gasteiger partial charge on any atom is -0.455 e. The summed E-state index contributed by atoms with van der Waals surface area (Å²) in [7, 11) is -1.67. The van der Waals surface area contributed by atoms with Crippen molar-refractivity contribution in [1.82, 2.24) is 0 Å². The van der Waals surface area contributed by atoms with Crippen LogP contribution in [-0.4, -0.2) is 8.07 Å². The molecule has 0 saturated carbocycles. The van der Waals surface area contributed by atoms with Crippen LogP contribution >= 0.6 is 0 Å². The van der Waals surface area contributed by atoms with Crippen LogP contribution in [-0.2, 0) is 5.41 Å². The second-order valence-corrected chi connectivity index (χ2v) is 25.4. The maximum absolute atomic E-state index is 10.0. The van der Waals surface area contributed by atoms with Gasteiger partial charge in [-0.3, -0.25) is 0 Å². The third-order valence-corrected chi connectivity index (χ3v) is 17.1. The van der Waals surface area contributed by atoms with Crippen LogP contribution in [0.3, 0.4) is 0 Å². The molecule has 0 radical (unpaired) electrons. The molecule has 0 unspecified atom stereocenters. The summed E-state index contributed by atoms with van der Waals surface area (Å²) in [6.07, 6.45) is 0. The first-order chi connectivity index (χ1) is 36.1. The molecule has 0 fully saturated rings. The van der Waals surface area contributed by atoms with E-state index in [9.17, 15) is 5.26 Å². The summed E-state index contributed by atoms with van der Waals surface area (Å²) in [6.45, 7) is 17.1. The zero-order chi connectivity index (χ0) is 50.3. The van der Waals surface area contributed by atoms with Gasteiger partial charge < -0.3 is 18.6 Å². The van der Waals surface area contributed by atoms with E-state index >= 15 is 0 Å². The Morgan fingerprint density at radius 2 is 0.905 bits per heavy atom. The van der Waals surface area contributed by atoms with E-state index < -0.39 is 13.5 Å². The van der Waals surface area contributed by atoms with E-state index in [0.29, 0.717) is 11.3 Å². The fraction of sp³-hybridized carbons (Fsp3) is 0.0746. The number of hydrogen-bond donors (Lipinski definition) is 0. The average molecular weight is 969 g/mol. The quantitative estimate of drug-likeness (QED) is 0.107. The van der Waals surface area contributed by atoms with Crippen molar-refractivity contribution < 1.29 is 8.83 Å². The third-order valence-electron chi connectivity index (χ3n) is 15.0. The van der Waals surface area contributed by atoms with E-state index in [4.69, 9.17) is 15.4 Å². The van der Waals surface area contributed by atoms with Gasteiger partial charge in [-0.05, 0) is 114 Å². The van der Waals surface area contributed by atoms with Crippen LogP contribution in [0.5, 0.6) is 0 Å². The molecule has 0 N–H and O–H groups in total. The summed E-state index contributed by atoms with van der Waals surface area (Å²) in [6, 6.07) is 79.1. The number of nitriles is 1. The molecule has 7 heteroatoms. The lowest BCUT2D eigenvalue weighted by molar-refractivity contribution is 0.665. The second kappa shape index (κ2) is 17.1. The topological polar surface area (TPSA) is 60.9 Å². The Balaban J connectivity index is 1.24. The maximum Gasteiger partial charge on any atom is 0.187 e. The van der Waals surface area contributed by atoms with Crippen LogP contribution in [0.25, 0.3) is 59.8 Å². The molecule has 0 aliphatic heterocycles. The number of aryl methyl sites for hydroxylation is 1. The predicted octanol–water partition coefficient (Wildman–Crippen LogP) is 18.1. The van der Waals surface area contributed by atoms with E-state index in [1.807, 2.05) is 48.5 Å². The Bertz CT molecular complexity index is 4200. The highest BCUT2D eigenvalue weighted by Crippen LogP contribution is 2.64. The highest BCUT2D eigenvalue weighted by Gasteiger charge is 2.50. The molecule has 13 rings (SSSR count). The molecule has 0 atom stereocenters. The summed E-state index contributed by atoms with van der Waals surface area (Å²) >= 11 is 0. The molecule has 2 aromatic heterocycles. The van der Waals surface area contributed by atoms with Crippen molar-refractivity contribution in [3.05, 3.63) is 263 Å². The zero-order valence-corrected chi connectivity index (χ0v) is 42.4. The van der Waals surface area contributed by atoms with E-state index in [1.54, 1.807) is 0 Å². The van der Waals surface area contributed by atoms with Gasteiger partial charge in [0.25, 0.3) is 0 Å². The van der Waals surface area contributed by atoms with Gasteiger partial charge in [0.1, 0.15) is 22.3 Å². The van der Waals surface area contributed by atoms with Crippen LogP contribution in [0.4, 0.5) is 39.8 Å². The van der Waals surface area contributed by atoms with Gasteiger partial charge in [0.15, 0.2) is 5.69 Å². The highest BCUT2D eigenvalue weighted by atomic mass is 28.3. The molecule has 74 heavy (non-hydrogen) atoms. The minimum atomic E-state index is -1.67. The largest absolute Gasteiger partial charge is 0.455 e. The van der Waals surface area contributed by atoms with Gasteiger partial charge in [0.05, 0.1) is 53.8 Å². The van der Waals surface area contributed by atoms with Crippen molar-refractivity contribution in [3.8, 4) is 17.2 Å². The van der Waals surface area contributed by atoms with Gasteiger partial charge in [-0.1, -0.05) is 164 Å². The van der Waals surface area contributed by atoms with Gasteiger partial charge in [0, 0.05) is 44.6 Å². The molecule has 0 amide bonds. The lowest BCUT2D eigenvalue weighted by Crippen LogP contribution is -2.37. The van der Waals surface area contributed by atoms with Crippen molar-refractivity contribution in [1.29, 1.82) is 5.26 Å². The molecule has 352 valence electrons. The van der Waals surface area contributed by atoms with Crippen LogP contribution in [0.1, 0.15) is 33.4 Å². The molecule has 12 aromatic rings. The Morgan fingerprint density at radius 3 is 1.34 bits per heavy atom. The number of nitrogens with zero attached hydrogens (tertiary/aromatic N) is 4. The van der Waals surface area contributed by atoms with Crippen LogP contribution in [0.2, 0.25) is 19.6 Å². The van der Waals surface area contributed by atoms with Gasteiger partial charge in [0.2, 0.25) is 0 Å². The molecule has 0 spiro atoms. The van der Waals surface area contributed by atoms with Gasteiger partial charge in [-0.25, -0.2) is 4.85 Å². The molecular formula is C67H48N4O2Si. The zero-order valence-electron chi connectivity index (χ0n) is 41.4. The molecule has 0 saturated heterocycles. The third kappa shape index (κ3) is 6.82. The van der Waals surface area contributed by atoms with E-state index in [1.165, 1.54) is 5.19 Å². The Morgan fingerprint density at radius 1 is 0.500 bits per heavy atom. The number of furan rings is 2. The minimum absolute atomic E-state index is 0.570. The monoisotopic (exact) mass is 968 g/mol. The van der Waals surface area contributed by atoms with E-state index in [-0.39, 0.29) is 0 Å². The smallest absolute Gasteiger partial charge is 0.187 e. The summed E-state index contributed by atoms with van der Waals surface area (Å²) in [5.74, 6) is 0. The normalized spacial score (nSPS) is 12.7. The van der Waals surface area contributed by atoms with Crippen molar-refractivity contribution in [2.24, 2.45) is 0 Å². The molecular weight excluding hydrogens is 921 g/mol. The predicted molar refractivity (Wildman–Crippen MR) is 306 cm³/mol.